The first-order chi connectivity index (χ1) is 9.81. The van der Waals surface area contributed by atoms with Gasteiger partial charge in [-0.2, -0.15) is 0 Å². The standard InChI is InChI=1S/C12H19N3O4S2/c1-3-15(7-11(16)17)10-4-9(5-10)14-21(18,19)12-6-13-8(2)20-12/h6,9-10,14H,3-5,7H2,1-2H3,(H,16,17). The van der Waals surface area contributed by atoms with Crippen molar-refractivity contribution in [2.24, 2.45) is 0 Å². The summed E-state index contributed by atoms with van der Waals surface area (Å²) in [4.78, 5) is 16.6. The molecule has 1 aliphatic rings. The van der Waals surface area contributed by atoms with E-state index in [4.69, 9.17) is 5.11 Å². The van der Waals surface area contributed by atoms with Gasteiger partial charge in [-0.1, -0.05) is 6.92 Å². The van der Waals surface area contributed by atoms with Gasteiger partial charge in [0.1, 0.15) is 0 Å². The molecule has 1 aromatic heterocycles. The molecule has 2 N–H and O–H groups in total. The maximum atomic E-state index is 12.1. The van der Waals surface area contributed by atoms with E-state index in [-0.39, 0.29) is 22.8 Å². The fraction of sp³-hybridized carbons (Fsp3) is 0.667. The van der Waals surface area contributed by atoms with Gasteiger partial charge in [0.05, 0.1) is 17.7 Å². The molecule has 1 fully saturated rings. The summed E-state index contributed by atoms with van der Waals surface area (Å²) in [6.45, 7) is 4.30. The quantitative estimate of drug-likeness (QED) is 0.761. The van der Waals surface area contributed by atoms with Crippen LogP contribution in [0.25, 0.3) is 0 Å². The molecule has 0 saturated heterocycles. The van der Waals surface area contributed by atoms with Crippen molar-refractivity contribution in [3.05, 3.63) is 11.2 Å². The third kappa shape index (κ3) is 4.00. The zero-order chi connectivity index (χ0) is 15.6. The number of nitrogens with one attached hydrogen (secondary N) is 1. The van der Waals surface area contributed by atoms with Gasteiger partial charge in [0.25, 0.3) is 10.0 Å². The summed E-state index contributed by atoms with van der Waals surface area (Å²) in [5.41, 5.74) is 0. The second-order valence-electron chi connectivity index (χ2n) is 5.10. The number of aliphatic carboxylic acids is 1. The SMILES string of the molecule is CCN(CC(=O)O)C1CC(NS(=O)(=O)c2cnc(C)s2)C1. The topological polar surface area (TPSA) is 99.6 Å². The highest BCUT2D eigenvalue weighted by Crippen LogP contribution is 2.28. The number of nitrogens with zero attached hydrogens (tertiary/aromatic N) is 2. The Balaban J connectivity index is 1.89. The smallest absolute Gasteiger partial charge is 0.317 e. The summed E-state index contributed by atoms with van der Waals surface area (Å²) in [6, 6.07) is -0.00718. The van der Waals surface area contributed by atoms with Gasteiger partial charge in [-0.25, -0.2) is 18.1 Å². The minimum absolute atomic E-state index is 0.00528. The fourth-order valence-electron chi connectivity index (χ4n) is 2.40. The molecular formula is C12H19N3O4S2. The molecular weight excluding hydrogens is 314 g/mol. The molecule has 0 radical (unpaired) electrons. The molecule has 118 valence electrons. The molecule has 1 heterocycles. The van der Waals surface area contributed by atoms with Gasteiger partial charge in [-0.3, -0.25) is 9.69 Å². The lowest BCUT2D eigenvalue weighted by atomic mass is 9.86. The van der Waals surface area contributed by atoms with Gasteiger partial charge in [0.2, 0.25) is 0 Å². The van der Waals surface area contributed by atoms with E-state index in [0.717, 1.165) is 11.3 Å². The summed E-state index contributed by atoms with van der Waals surface area (Å²) in [5.74, 6) is -0.860. The third-order valence-corrected chi connectivity index (χ3v) is 6.46. The lowest BCUT2D eigenvalue weighted by molar-refractivity contribution is -0.139. The van der Waals surface area contributed by atoms with Crippen LogP contribution in [0.5, 0.6) is 0 Å². The van der Waals surface area contributed by atoms with E-state index in [1.54, 1.807) is 6.92 Å². The Morgan fingerprint density at radius 3 is 2.71 bits per heavy atom. The molecule has 1 aromatic rings. The minimum Gasteiger partial charge on any atom is -0.480 e. The van der Waals surface area contributed by atoms with E-state index in [1.165, 1.54) is 6.20 Å². The molecule has 0 unspecified atom stereocenters. The normalized spacial score (nSPS) is 22.2. The highest BCUT2D eigenvalue weighted by molar-refractivity contribution is 7.91. The molecule has 7 nitrogen and oxygen atoms in total. The number of aromatic nitrogens is 1. The number of hydrogen-bond donors (Lipinski definition) is 2. The maximum Gasteiger partial charge on any atom is 0.317 e. The van der Waals surface area contributed by atoms with Gasteiger partial charge >= 0.3 is 5.97 Å². The van der Waals surface area contributed by atoms with Crippen molar-refractivity contribution >= 4 is 27.3 Å². The van der Waals surface area contributed by atoms with E-state index in [2.05, 4.69) is 9.71 Å². The maximum absolute atomic E-state index is 12.1. The Hall–Kier alpha value is -1.03. The largest absolute Gasteiger partial charge is 0.480 e. The molecule has 1 saturated carbocycles. The number of hydrogen-bond acceptors (Lipinski definition) is 6. The molecule has 1 aliphatic carbocycles. The number of sulfonamides is 1. The summed E-state index contributed by atoms with van der Waals surface area (Å²) in [7, 11) is -3.51. The molecule has 0 aromatic carbocycles. The van der Waals surface area contributed by atoms with Crippen LogP contribution < -0.4 is 4.72 Å². The van der Waals surface area contributed by atoms with Crippen LogP contribution in [0.4, 0.5) is 0 Å². The van der Waals surface area contributed by atoms with E-state index >= 15 is 0 Å². The van der Waals surface area contributed by atoms with Crippen LogP contribution in [0.15, 0.2) is 10.4 Å². The van der Waals surface area contributed by atoms with E-state index in [9.17, 15) is 13.2 Å². The lowest BCUT2D eigenvalue weighted by Gasteiger charge is -2.41. The van der Waals surface area contributed by atoms with Crippen LogP contribution in [0.3, 0.4) is 0 Å². The summed E-state index contributed by atoms with van der Waals surface area (Å²) >= 11 is 1.14. The summed E-state index contributed by atoms with van der Waals surface area (Å²) in [5, 5.41) is 9.54. The van der Waals surface area contributed by atoms with Gasteiger partial charge < -0.3 is 5.11 Å². The summed E-state index contributed by atoms with van der Waals surface area (Å²) in [6.07, 6.45) is 2.64. The number of carboxylic acid groups (broad SMARTS) is 1. The first-order valence-corrected chi connectivity index (χ1v) is 9.02. The number of thiazole rings is 1. The Kier molecular flexibility index (Phi) is 4.97. The molecule has 0 atom stereocenters. The van der Waals surface area contributed by atoms with Gasteiger partial charge in [-0.15, -0.1) is 11.3 Å². The van der Waals surface area contributed by atoms with E-state index in [1.807, 2.05) is 11.8 Å². The fourth-order valence-corrected chi connectivity index (χ4v) is 4.78. The zero-order valence-electron chi connectivity index (χ0n) is 11.9. The van der Waals surface area contributed by atoms with Crippen LogP contribution in [0.2, 0.25) is 0 Å². The number of carboxylic acids is 1. The molecule has 0 spiro atoms. The van der Waals surface area contributed by atoms with Crippen molar-refractivity contribution in [1.29, 1.82) is 0 Å². The predicted octanol–water partition coefficient (Wildman–Crippen LogP) is 0.667. The first kappa shape index (κ1) is 16.3. The Bertz CT molecular complexity index is 608. The van der Waals surface area contributed by atoms with Crippen LogP contribution in [0, 0.1) is 6.92 Å². The Morgan fingerprint density at radius 1 is 1.57 bits per heavy atom. The van der Waals surface area contributed by atoms with Crippen molar-refractivity contribution < 1.29 is 18.3 Å². The van der Waals surface area contributed by atoms with Crippen molar-refractivity contribution in [3.63, 3.8) is 0 Å². The van der Waals surface area contributed by atoms with Crippen molar-refractivity contribution in [2.75, 3.05) is 13.1 Å². The number of rotatable bonds is 7. The van der Waals surface area contributed by atoms with Gasteiger partial charge in [-0.05, 0) is 26.3 Å². The number of likely N-dealkylation sites (N-methyl/N-ethyl adjacent to an activating group) is 1. The van der Waals surface area contributed by atoms with Crippen LogP contribution in [-0.4, -0.2) is 54.6 Å². The predicted molar refractivity (Wildman–Crippen MR) is 78.9 cm³/mol. The monoisotopic (exact) mass is 333 g/mol. The highest BCUT2D eigenvalue weighted by atomic mass is 32.2. The first-order valence-electron chi connectivity index (χ1n) is 6.72. The molecule has 0 aliphatic heterocycles. The molecule has 0 amide bonds. The lowest BCUT2D eigenvalue weighted by Crippen LogP contribution is -2.54. The van der Waals surface area contributed by atoms with Crippen LogP contribution >= 0.6 is 11.3 Å². The van der Waals surface area contributed by atoms with Gasteiger partial charge in [0.15, 0.2) is 4.21 Å². The van der Waals surface area contributed by atoms with Crippen LogP contribution in [-0.2, 0) is 14.8 Å². The highest BCUT2D eigenvalue weighted by Gasteiger charge is 2.36. The second-order valence-corrected chi connectivity index (χ2v) is 8.27. The van der Waals surface area contributed by atoms with Crippen molar-refractivity contribution in [3.8, 4) is 0 Å². The van der Waals surface area contributed by atoms with E-state index in [0.29, 0.717) is 24.4 Å². The van der Waals surface area contributed by atoms with E-state index < -0.39 is 16.0 Å². The molecule has 0 bridgehead atoms. The average Bonchev–Trinajstić information content (AvgIpc) is 2.78. The van der Waals surface area contributed by atoms with Gasteiger partial charge in [0, 0.05) is 12.1 Å². The van der Waals surface area contributed by atoms with Crippen molar-refractivity contribution in [2.45, 2.75) is 43.0 Å². The average molecular weight is 333 g/mol. The van der Waals surface area contributed by atoms with Crippen LogP contribution in [0.1, 0.15) is 24.8 Å². The molecule has 2 rings (SSSR count). The second kappa shape index (κ2) is 6.39. The van der Waals surface area contributed by atoms with Crippen molar-refractivity contribution in [1.82, 2.24) is 14.6 Å². The molecule has 9 heteroatoms. The number of carbonyl (C=O) groups is 1. The molecule has 21 heavy (non-hydrogen) atoms. The summed E-state index contributed by atoms with van der Waals surface area (Å²) < 4.78 is 27.1. The Labute approximate surface area is 128 Å². The Morgan fingerprint density at radius 2 is 2.24 bits per heavy atom. The number of aryl methyl sites for hydroxylation is 1. The third-order valence-electron chi connectivity index (χ3n) is 3.56. The minimum atomic E-state index is -3.51. The zero-order valence-corrected chi connectivity index (χ0v) is 13.6.